The zero-order valence-corrected chi connectivity index (χ0v) is 30.9. The van der Waals surface area contributed by atoms with Gasteiger partial charge in [-0.05, 0) is 119 Å². The second-order valence-corrected chi connectivity index (χ2v) is 17.0. The molecule has 1 amide bonds. The summed E-state index contributed by atoms with van der Waals surface area (Å²) in [5, 5.41) is 0.643. The summed E-state index contributed by atoms with van der Waals surface area (Å²) in [5.41, 5.74) is 3.87. The van der Waals surface area contributed by atoms with Crippen molar-refractivity contribution in [3.05, 3.63) is 58.1 Å². The third kappa shape index (κ3) is 7.75. The maximum Gasteiger partial charge on any atom is 0.263 e. The number of rotatable bonds is 11. The van der Waals surface area contributed by atoms with Crippen LogP contribution in [-0.4, -0.2) is 79.6 Å². The number of hydrogen-bond donors (Lipinski definition) is 1. The quantitative estimate of drug-likeness (QED) is 0.278. The van der Waals surface area contributed by atoms with Gasteiger partial charge in [-0.25, -0.2) is 4.21 Å². The zero-order chi connectivity index (χ0) is 34.0. The molecule has 1 N–H and O–H groups in total. The van der Waals surface area contributed by atoms with Crippen molar-refractivity contribution < 1.29 is 23.2 Å². The molecule has 264 valence electrons. The molecule has 2 aliphatic carbocycles. The van der Waals surface area contributed by atoms with Gasteiger partial charge >= 0.3 is 0 Å². The van der Waals surface area contributed by atoms with Crippen LogP contribution in [0.25, 0.3) is 0 Å². The van der Waals surface area contributed by atoms with E-state index in [0.29, 0.717) is 43.3 Å². The normalized spacial score (nSPS) is 28.8. The number of carbonyl (C=O) groups is 1. The van der Waals surface area contributed by atoms with Gasteiger partial charge in [-0.15, -0.1) is 0 Å². The van der Waals surface area contributed by atoms with E-state index in [1.54, 1.807) is 6.07 Å². The van der Waals surface area contributed by atoms with Crippen LogP contribution in [0.15, 0.2) is 36.4 Å². The number of nitrogens with one attached hydrogen (secondary N) is 1. The van der Waals surface area contributed by atoms with Crippen LogP contribution in [0.5, 0.6) is 5.75 Å². The third-order valence-electron chi connectivity index (χ3n) is 11.6. The van der Waals surface area contributed by atoms with Gasteiger partial charge in [-0.2, -0.15) is 0 Å². The number of fused-ring (bicyclic) bond motifs is 3. The highest BCUT2D eigenvalue weighted by Gasteiger charge is 2.44. The van der Waals surface area contributed by atoms with E-state index >= 15 is 0 Å². The van der Waals surface area contributed by atoms with Gasteiger partial charge in [-0.1, -0.05) is 37.9 Å². The second-order valence-electron chi connectivity index (χ2n) is 15.0. The molecule has 2 heterocycles. The predicted octanol–water partition coefficient (Wildman–Crippen LogP) is 6.75. The van der Waals surface area contributed by atoms with Crippen LogP contribution in [0.4, 0.5) is 5.69 Å². The number of likely N-dealkylation sites (N-methyl/N-ethyl adjacent to an activating group) is 1. The number of ether oxygens (including phenoxy) is 3. The average molecular weight is 700 g/mol. The lowest BCUT2D eigenvalue weighted by atomic mass is 9.69. The molecule has 10 heteroatoms. The summed E-state index contributed by atoms with van der Waals surface area (Å²) in [5.74, 6) is 1.72. The SMILES string of the molecule is CCCC(C)C(C)S(=O)NC(=O)c1ccc2c(c1)N(CC1CCC1CC1OCC(N(C)C)CO1)C[C@@]1(CCCc3cc(Cl)ccc31)CO2. The van der Waals surface area contributed by atoms with Crippen molar-refractivity contribution >= 4 is 34.2 Å². The minimum atomic E-state index is -1.47. The molecule has 2 aromatic rings. The molecule has 2 fully saturated rings. The van der Waals surface area contributed by atoms with Crippen molar-refractivity contribution in [2.75, 3.05) is 51.9 Å². The van der Waals surface area contributed by atoms with E-state index in [0.717, 1.165) is 80.9 Å². The lowest BCUT2D eigenvalue weighted by molar-refractivity contribution is -0.212. The van der Waals surface area contributed by atoms with Crippen LogP contribution in [-0.2, 0) is 32.3 Å². The van der Waals surface area contributed by atoms with Crippen molar-refractivity contribution in [1.29, 1.82) is 0 Å². The minimum Gasteiger partial charge on any atom is -0.490 e. The maximum atomic E-state index is 13.5. The summed E-state index contributed by atoms with van der Waals surface area (Å²) >= 11 is 6.46. The van der Waals surface area contributed by atoms with Gasteiger partial charge < -0.3 is 24.0 Å². The smallest absolute Gasteiger partial charge is 0.263 e. The number of hydrogen-bond acceptors (Lipinski definition) is 7. The molecule has 5 unspecified atom stereocenters. The summed E-state index contributed by atoms with van der Waals surface area (Å²) in [7, 11) is 2.66. The van der Waals surface area contributed by atoms with Crippen LogP contribution in [0.1, 0.15) is 87.2 Å². The van der Waals surface area contributed by atoms with E-state index in [2.05, 4.69) is 54.6 Å². The Morgan fingerprint density at radius 2 is 1.90 bits per heavy atom. The molecule has 1 saturated carbocycles. The molecule has 1 saturated heterocycles. The number of aryl methyl sites for hydroxylation is 1. The maximum absolute atomic E-state index is 13.5. The van der Waals surface area contributed by atoms with E-state index in [9.17, 15) is 9.00 Å². The molecule has 1 spiro atoms. The molecule has 0 radical (unpaired) electrons. The fourth-order valence-electron chi connectivity index (χ4n) is 8.09. The predicted molar refractivity (Wildman–Crippen MR) is 193 cm³/mol. The Balaban J connectivity index is 1.24. The van der Waals surface area contributed by atoms with Gasteiger partial charge in [0.15, 0.2) is 6.29 Å². The van der Waals surface area contributed by atoms with Gasteiger partial charge in [0.1, 0.15) is 16.7 Å². The number of anilines is 1. The molecule has 6 atom stereocenters. The van der Waals surface area contributed by atoms with E-state index in [1.807, 2.05) is 25.1 Å². The van der Waals surface area contributed by atoms with Gasteiger partial charge in [0, 0.05) is 35.5 Å². The first kappa shape index (κ1) is 35.6. The molecule has 8 nitrogen and oxygen atoms in total. The van der Waals surface area contributed by atoms with Crippen LogP contribution < -0.4 is 14.4 Å². The number of nitrogens with zero attached hydrogens (tertiary/aromatic N) is 2. The standard InChI is InChI=1S/C38H54ClN3O5S/c1-6-8-25(2)26(3)48(44)40-37(43)29-12-15-35-34(18-29)42(20-30-11-10-27(30)19-36-45-21-32(22-46-36)41(4)5)23-38(24-47-35)16-7-9-28-17-31(39)13-14-33(28)38/h12-15,17-18,25-27,30,32,36H,6-11,16,19-24H2,1-5H3,(H,40,43)/t25?,26?,27?,30?,32?,36?,38-,48?/m0/s1. The Kier molecular flexibility index (Phi) is 11.4. The molecule has 48 heavy (non-hydrogen) atoms. The van der Waals surface area contributed by atoms with E-state index in [4.69, 9.17) is 25.8 Å². The number of benzene rings is 2. The number of carbonyl (C=O) groups excluding carboxylic acids is 1. The lowest BCUT2D eigenvalue weighted by Crippen LogP contribution is -2.49. The monoisotopic (exact) mass is 699 g/mol. The van der Waals surface area contributed by atoms with E-state index in [1.165, 1.54) is 11.1 Å². The lowest BCUT2D eigenvalue weighted by Gasteiger charge is -2.45. The van der Waals surface area contributed by atoms with Crippen LogP contribution in [0, 0.1) is 17.8 Å². The minimum absolute atomic E-state index is 0.129. The number of amides is 1. The summed E-state index contributed by atoms with van der Waals surface area (Å²) in [4.78, 5) is 18.2. The van der Waals surface area contributed by atoms with Crippen molar-refractivity contribution in [1.82, 2.24) is 9.62 Å². The Bertz CT molecular complexity index is 1470. The third-order valence-corrected chi connectivity index (χ3v) is 13.3. The van der Waals surface area contributed by atoms with Gasteiger partial charge in [0.2, 0.25) is 0 Å². The van der Waals surface area contributed by atoms with Gasteiger partial charge in [-0.3, -0.25) is 9.52 Å². The summed E-state index contributed by atoms with van der Waals surface area (Å²) in [6.07, 6.45) is 8.17. The first-order valence-corrected chi connectivity index (χ1v) is 19.6. The highest BCUT2D eigenvalue weighted by atomic mass is 35.5. The van der Waals surface area contributed by atoms with Crippen LogP contribution >= 0.6 is 11.6 Å². The van der Waals surface area contributed by atoms with Gasteiger partial charge in [0.25, 0.3) is 5.91 Å². The molecule has 2 aliphatic heterocycles. The van der Waals surface area contributed by atoms with Crippen LogP contribution in [0.3, 0.4) is 0 Å². The molecule has 6 rings (SSSR count). The summed E-state index contributed by atoms with van der Waals surface area (Å²) in [6, 6.07) is 12.3. The average Bonchev–Trinajstić information content (AvgIpc) is 3.22. The Morgan fingerprint density at radius 3 is 2.60 bits per heavy atom. The number of halogens is 1. The fraction of sp³-hybridized carbons (Fsp3) is 0.658. The van der Waals surface area contributed by atoms with Gasteiger partial charge in [0.05, 0.1) is 36.8 Å². The van der Waals surface area contributed by atoms with Crippen molar-refractivity contribution in [3.63, 3.8) is 0 Å². The molecule has 0 bridgehead atoms. The highest BCUT2D eigenvalue weighted by Crippen LogP contribution is 2.47. The van der Waals surface area contributed by atoms with Crippen LogP contribution in [0.2, 0.25) is 5.02 Å². The molecule has 4 aliphatic rings. The summed E-state index contributed by atoms with van der Waals surface area (Å²) in [6.45, 7) is 9.80. The molecular formula is C38H54ClN3O5S. The summed E-state index contributed by atoms with van der Waals surface area (Å²) < 4.78 is 34.9. The Labute approximate surface area is 294 Å². The Hall–Kier alpha value is -2.17. The van der Waals surface area contributed by atoms with E-state index in [-0.39, 0.29) is 28.8 Å². The topological polar surface area (TPSA) is 80.3 Å². The second kappa shape index (κ2) is 15.4. The van der Waals surface area contributed by atoms with Crippen molar-refractivity contribution in [2.24, 2.45) is 17.8 Å². The van der Waals surface area contributed by atoms with E-state index < -0.39 is 11.0 Å². The first-order chi connectivity index (χ1) is 23.1. The fourth-order valence-corrected chi connectivity index (χ4v) is 9.33. The zero-order valence-electron chi connectivity index (χ0n) is 29.3. The largest absolute Gasteiger partial charge is 0.490 e. The highest BCUT2D eigenvalue weighted by molar-refractivity contribution is 7.84. The van der Waals surface area contributed by atoms with Crippen molar-refractivity contribution in [2.45, 2.75) is 95.1 Å². The molecule has 0 aromatic heterocycles. The molecule has 2 aromatic carbocycles. The molecular weight excluding hydrogens is 646 g/mol. The van der Waals surface area contributed by atoms with Crippen molar-refractivity contribution in [3.8, 4) is 5.75 Å². The Morgan fingerprint density at radius 1 is 1.12 bits per heavy atom. The first-order valence-electron chi connectivity index (χ1n) is 18.0.